The van der Waals surface area contributed by atoms with Crippen LogP contribution >= 0.6 is 11.6 Å². The lowest BCUT2D eigenvalue weighted by atomic mass is 9.86. The Labute approximate surface area is 230 Å². The molecule has 0 saturated carbocycles. The highest BCUT2D eigenvalue weighted by molar-refractivity contribution is 7.89. The van der Waals surface area contributed by atoms with Crippen LogP contribution in [0.5, 0.6) is 5.75 Å². The first kappa shape index (κ1) is 29.7. The Bertz CT molecular complexity index is 1290. The van der Waals surface area contributed by atoms with E-state index in [1.165, 1.54) is 16.4 Å². The number of fused-ring (bicyclic) bond motifs is 1. The van der Waals surface area contributed by atoms with Crippen molar-refractivity contribution in [2.24, 2.45) is 16.8 Å². The molecule has 38 heavy (non-hydrogen) atoms. The number of rotatable bonds is 8. The number of hydrogen-bond acceptors (Lipinski definition) is 6. The maximum Gasteiger partial charge on any atom is 0.243 e. The predicted octanol–water partition coefficient (Wildman–Crippen LogP) is 4.56. The Morgan fingerprint density at radius 2 is 1.76 bits per heavy atom. The standard InChI is InChI=1S/C27H36ClN5O4S/c1-17(2)14-33(15-18(3)4)38(35,36)21-11-12-23-22(13-21)24(25(34)27(5,6)37-23)32-26(30-16-29)31-20-9-7-19(28)8-10-20/h7-13,17-18,24-25,34H,14-15H2,1-6H3,(H2,30,31,32)/t24-,25+/m1/s1. The van der Waals surface area contributed by atoms with E-state index in [1.54, 1.807) is 44.2 Å². The minimum Gasteiger partial charge on any atom is -0.485 e. The fourth-order valence-electron chi connectivity index (χ4n) is 4.27. The Kier molecular flexibility index (Phi) is 9.31. The lowest BCUT2D eigenvalue weighted by Gasteiger charge is -2.42. The molecule has 1 heterocycles. The molecule has 0 aromatic heterocycles. The topological polar surface area (TPSA) is 127 Å². The Morgan fingerprint density at radius 3 is 2.32 bits per heavy atom. The van der Waals surface area contributed by atoms with Gasteiger partial charge >= 0.3 is 0 Å². The number of nitrogens with zero attached hydrogens (tertiary/aromatic N) is 3. The summed E-state index contributed by atoms with van der Waals surface area (Å²) in [6.07, 6.45) is 0.745. The number of aliphatic hydroxyl groups is 1. The molecule has 0 unspecified atom stereocenters. The summed E-state index contributed by atoms with van der Waals surface area (Å²) in [5.41, 5.74) is -0.0461. The number of hydrogen-bond donors (Lipinski definition) is 3. The number of aliphatic hydroxyl groups excluding tert-OH is 1. The van der Waals surface area contributed by atoms with Crippen molar-refractivity contribution in [1.29, 1.82) is 5.26 Å². The van der Waals surface area contributed by atoms with Crippen molar-refractivity contribution < 1.29 is 18.3 Å². The molecule has 11 heteroatoms. The SMILES string of the molecule is CC(C)CN(CC(C)C)S(=O)(=O)c1ccc2c(c1)[C@@H](N/C(=N\c1ccc(Cl)cc1)NC#N)[C@H](O)C(C)(C)O2. The van der Waals surface area contributed by atoms with Gasteiger partial charge < -0.3 is 15.2 Å². The number of nitrogens with one attached hydrogen (secondary N) is 2. The summed E-state index contributed by atoms with van der Waals surface area (Å²) in [5, 5.41) is 26.8. The van der Waals surface area contributed by atoms with E-state index >= 15 is 0 Å². The van der Waals surface area contributed by atoms with E-state index in [1.807, 2.05) is 33.9 Å². The highest BCUT2D eigenvalue weighted by atomic mass is 35.5. The number of nitriles is 1. The van der Waals surface area contributed by atoms with Crippen molar-refractivity contribution in [3.63, 3.8) is 0 Å². The van der Waals surface area contributed by atoms with Crippen LogP contribution in [0.15, 0.2) is 52.4 Å². The normalized spacial score (nSPS) is 19.2. The summed E-state index contributed by atoms with van der Waals surface area (Å²) in [6.45, 7) is 12.2. The van der Waals surface area contributed by atoms with Crippen LogP contribution < -0.4 is 15.4 Å². The lowest BCUT2D eigenvalue weighted by molar-refractivity contribution is -0.0612. The van der Waals surface area contributed by atoms with E-state index in [2.05, 4.69) is 15.6 Å². The fraction of sp³-hybridized carbons (Fsp3) is 0.481. The van der Waals surface area contributed by atoms with Crippen LogP contribution in [0.4, 0.5) is 5.69 Å². The van der Waals surface area contributed by atoms with Gasteiger partial charge in [-0.2, -0.15) is 9.57 Å². The molecule has 0 saturated heterocycles. The third kappa shape index (κ3) is 6.97. The quantitative estimate of drug-likeness (QED) is 0.186. The predicted molar refractivity (Wildman–Crippen MR) is 149 cm³/mol. The maximum absolute atomic E-state index is 13.7. The Morgan fingerprint density at radius 1 is 1.16 bits per heavy atom. The molecule has 1 aliphatic heterocycles. The number of halogens is 1. The van der Waals surface area contributed by atoms with E-state index < -0.39 is 27.8 Å². The second-order valence-electron chi connectivity index (χ2n) is 10.8. The fourth-order valence-corrected chi connectivity index (χ4v) is 6.20. The van der Waals surface area contributed by atoms with E-state index in [0.717, 1.165) is 0 Å². The largest absolute Gasteiger partial charge is 0.485 e. The Hall–Kier alpha value is -2.84. The second-order valence-corrected chi connectivity index (χ2v) is 13.1. The van der Waals surface area contributed by atoms with Gasteiger partial charge in [0.2, 0.25) is 16.0 Å². The van der Waals surface area contributed by atoms with Crippen molar-refractivity contribution in [1.82, 2.24) is 14.9 Å². The number of benzene rings is 2. The van der Waals surface area contributed by atoms with Crippen molar-refractivity contribution in [2.75, 3.05) is 13.1 Å². The van der Waals surface area contributed by atoms with Crippen LogP contribution in [0.25, 0.3) is 0 Å². The van der Waals surface area contributed by atoms with Gasteiger partial charge in [-0.05, 0) is 68.1 Å². The molecule has 0 spiro atoms. The van der Waals surface area contributed by atoms with Gasteiger partial charge in [-0.3, -0.25) is 5.32 Å². The first-order valence-electron chi connectivity index (χ1n) is 12.5. The molecule has 3 rings (SSSR count). The van der Waals surface area contributed by atoms with Crippen molar-refractivity contribution in [2.45, 2.75) is 64.2 Å². The van der Waals surface area contributed by atoms with Gasteiger partial charge in [0.05, 0.1) is 16.6 Å². The molecule has 0 aliphatic carbocycles. The average Bonchev–Trinajstić information content (AvgIpc) is 2.82. The molecule has 9 nitrogen and oxygen atoms in total. The number of sulfonamides is 1. The summed E-state index contributed by atoms with van der Waals surface area (Å²) >= 11 is 5.97. The zero-order valence-corrected chi connectivity index (χ0v) is 24.1. The summed E-state index contributed by atoms with van der Waals surface area (Å²) in [4.78, 5) is 4.54. The molecular formula is C27H36ClN5O4S. The zero-order valence-electron chi connectivity index (χ0n) is 22.6. The molecule has 0 fully saturated rings. The molecule has 206 valence electrons. The summed E-state index contributed by atoms with van der Waals surface area (Å²) in [6, 6.07) is 10.5. The molecule has 0 bridgehead atoms. The van der Waals surface area contributed by atoms with E-state index in [9.17, 15) is 18.8 Å². The highest BCUT2D eigenvalue weighted by Crippen LogP contribution is 2.41. The van der Waals surface area contributed by atoms with Crippen LogP contribution in [0.1, 0.15) is 53.1 Å². The van der Waals surface area contributed by atoms with Crippen molar-refractivity contribution >= 4 is 33.3 Å². The van der Waals surface area contributed by atoms with Gasteiger partial charge in [0.25, 0.3) is 0 Å². The molecule has 0 amide bonds. The van der Waals surface area contributed by atoms with Crippen LogP contribution in [0.2, 0.25) is 5.02 Å². The maximum atomic E-state index is 13.7. The minimum absolute atomic E-state index is 0.0806. The van der Waals surface area contributed by atoms with Crippen molar-refractivity contribution in [3.05, 3.63) is 53.1 Å². The molecule has 2 aromatic rings. The van der Waals surface area contributed by atoms with Crippen LogP contribution in [-0.4, -0.2) is 48.6 Å². The van der Waals surface area contributed by atoms with E-state index in [0.29, 0.717) is 35.1 Å². The number of guanidine groups is 1. The van der Waals surface area contributed by atoms with Gasteiger partial charge in [0.1, 0.15) is 17.5 Å². The molecule has 2 atom stereocenters. The Balaban J connectivity index is 2.07. The average molecular weight is 562 g/mol. The smallest absolute Gasteiger partial charge is 0.243 e. The monoisotopic (exact) mass is 561 g/mol. The van der Waals surface area contributed by atoms with Crippen molar-refractivity contribution in [3.8, 4) is 11.9 Å². The number of ether oxygens (including phenoxy) is 1. The molecule has 2 aromatic carbocycles. The summed E-state index contributed by atoms with van der Waals surface area (Å²) in [7, 11) is -3.83. The second kappa shape index (κ2) is 11.9. The van der Waals surface area contributed by atoms with Crippen LogP contribution in [-0.2, 0) is 10.0 Å². The lowest BCUT2D eigenvalue weighted by Crippen LogP contribution is -2.54. The number of aliphatic imine (C=N–C) groups is 1. The van der Waals surface area contributed by atoms with Crippen LogP contribution in [0.3, 0.4) is 0 Å². The van der Waals surface area contributed by atoms with Gasteiger partial charge in [-0.25, -0.2) is 13.4 Å². The molecule has 0 radical (unpaired) electrons. The van der Waals surface area contributed by atoms with Gasteiger partial charge in [0, 0.05) is 23.7 Å². The minimum atomic E-state index is -3.83. The van der Waals surface area contributed by atoms with E-state index in [-0.39, 0.29) is 22.7 Å². The summed E-state index contributed by atoms with van der Waals surface area (Å²) < 4.78 is 35.0. The summed E-state index contributed by atoms with van der Waals surface area (Å²) in [5.74, 6) is 0.797. The molecular weight excluding hydrogens is 526 g/mol. The van der Waals surface area contributed by atoms with Gasteiger partial charge in [-0.1, -0.05) is 39.3 Å². The van der Waals surface area contributed by atoms with E-state index in [4.69, 9.17) is 16.3 Å². The molecule has 1 aliphatic rings. The zero-order chi connectivity index (χ0) is 28.3. The van der Waals surface area contributed by atoms with Gasteiger partial charge in [0.15, 0.2) is 6.19 Å². The van der Waals surface area contributed by atoms with Gasteiger partial charge in [-0.15, -0.1) is 0 Å². The first-order chi connectivity index (χ1) is 17.7. The van der Waals surface area contributed by atoms with Crippen LogP contribution in [0, 0.1) is 23.3 Å². The highest BCUT2D eigenvalue weighted by Gasteiger charge is 2.44. The first-order valence-corrected chi connectivity index (χ1v) is 14.3. The molecule has 3 N–H and O–H groups in total. The third-order valence-corrected chi connectivity index (χ3v) is 8.11. The third-order valence-electron chi connectivity index (χ3n) is 6.03.